The van der Waals surface area contributed by atoms with Crippen molar-refractivity contribution in [3.05, 3.63) is 11.6 Å². The molecule has 3 rings (SSSR count). The van der Waals surface area contributed by atoms with E-state index in [0.29, 0.717) is 18.5 Å². The van der Waals surface area contributed by atoms with E-state index < -0.39 is 17.5 Å². The van der Waals surface area contributed by atoms with Crippen LogP contribution in [0.2, 0.25) is 0 Å². The Kier molecular flexibility index (Phi) is 12.9. The van der Waals surface area contributed by atoms with Gasteiger partial charge in [0.05, 0.1) is 12.1 Å². The van der Waals surface area contributed by atoms with Crippen molar-refractivity contribution in [2.45, 2.75) is 156 Å². The minimum Gasteiger partial charge on any atom is -0.352 e. The predicted molar refractivity (Wildman–Crippen MR) is 176 cm³/mol. The Morgan fingerprint density at radius 1 is 0.818 bits per heavy atom. The lowest BCUT2D eigenvalue weighted by Gasteiger charge is -2.41. The maximum absolute atomic E-state index is 14.1. The van der Waals surface area contributed by atoms with Gasteiger partial charge in [0, 0.05) is 31.2 Å². The summed E-state index contributed by atoms with van der Waals surface area (Å²) in [6.07, 6.45) is 11.7. The Morgan fingerprint density at radius 3 is 2.02 bits per heavy atom. The van der Waals surface area contributed by atoms with E-state index in [4.69, 9.17) is 0 Å². The fraction of sp³-hybridized carbons (Fsp3) is 0.829. The topological polar surface area (TPSA) is 102 Å². The van der Waals surface area contributed by atoms with E-state index in [-0.39, 0.29) is 53.7 Å². The van der Waals surface area contributed by atoms with Gasteiger partial charge in [0.25, 0.3) is 0 Å². The second-order valence-electron chi connectivity index (χ2n) is 15.2. The van der Waals surface area contributed by atoms with Crippen LogP contribution in [0.5, 0.6) is 0 Å². The molecule has 0 aromatic heterocycles. The summed E-state index contributed by atoms with van der Waals surface area (Å²) in [5, 5.41) is 6.35. The average molecular weight is 616 g/mol. The second-order valence-corrected chi connectivity index (χ2v) is 15.2. The number of nitrogens with one attached hydrogen (secondary N) is 2. The van der Waals surface area contributed by atoms with Crippen LogP contribution in [-0.4, -0.2) is 94.7 Å². The number of rotatable bonds is 10. The van der Waals surface area contributed by atoms with Crippen molar-refractivity contribution in [2.75, 3.05) is 20.1 Å². The van der Waals surface area contributed by atoms with Crippen LogP contribution < -0.4 is 10.6 Å². The molecule has 0 radical (unpaired) electrons. The first-order valence-corrected chi connectivity index (χ1v) is 17.3. The maximum Gasteiger partial charge on any atom is 0.249 e. The number of amides is 4. The molecule has 4 atom stereocenters. The van der Waals surface area contributed by atoms with Crippen LogP contribution in [0.15, 0.2) is 11.6 Å². The van der Waals surface area contributed by atoms with E-state index in [1.165, 1.54) is 6.42 Å². The summed E-state index contributed by atoms with van der Waals surface area (Å²) in [5.41, 5.74) is 0.0231. The van der Waals surface area contributed by atoms with E-state index in [9.17, 15) is 19.2 Å². The van der Waals surface area contributed by atoms with E-state index in [1.807, 2.05) is 40.7 Å². The van der Waals surface area contributed by atoms with Crippen molar-refractivity contribution in [2.24, 2.45) is 11.3 Å². The van der Waals surface area contributed by atoms with Crippen LogP contribution in [-0.2, 0) is 19.2 Å². The standard InChI is InChI=1S/C35H61N5O4/c1-23(2)29(22-25(5)33(43)40-21-15-19-28(40)31(41)36-26-16-11-10-12-17-26)38(9)34(44)30(35(6,7)8)37-32(42)27-18-13-14-20-39(27)24(3)4/h22-24,26-30H,10-21H2,1-9H3,(H,36,41)(H,37,42)/t27-,28+,29-,30-/m1/s1. The molecule has 2 saturated heterocycles. The first-order chi connectivity index (χ1) is 20.6. The summed E-state index contributed by atoms with van der Waals surface area (Å²) in [5.74, 6) is -0.416. The SMILES string of the molecule is CC(=C[C@H](C(C)C)N(C)C(=O)[C@@H](NC(=O)[C@H]1CCCCN1C(C)C)C(C)(C)C)C(=O)N1CCC[C@H]1C(=O)NC1CCCCC1. The van der Waals surface area contributed by atoms with Crippen molar-refractivity contribution >= 4 is 23.6 Å². The fourth-order valence-corrected chi connectivity index (χ4v) is 7.22. The minimum atomic E-state index is -0.715. The zero-order valence-electron chi connectivity index (χ0n) is 29.1. The van der Waals surface area contributed by atoms with Crippen LogP contribution in [0.4, 0.5) is 0 Å². The summed E-state index contributed by atoms with van der Waals surface area (Å²) in [7, 11) is 1.77. The van der Waals surface area contributed by atoms with Crippen molar-refractivity contribution < 1.29 is 19.2 Å². The summed E-state index contributed by atoms with van der Waals surface area (Å²) >= 11 is 0. The smallest absolute Gasteiger partial charge is 0.249 e. The molecular formula is C35H61N5O4. The third-order valence-corrected chi connectivity index (χ3v) is 9.91. The Labute approximate surface area is 266 Å². The highest BCUT2D eigenvalue weighted by atomic mass is 16.2. The number of hydrogen-bond acceptors (Lipinski definition) is 5. The lowest BCUT2D eigenvalue weighted by molar-refractivity contribution is -0.142. The summed E-state index contributed by atoms with van der Waals surface area (Å²) in [4.78, 5) is 60.3. The van der Waals surface area contributed by atoms with Crippen LogP contribution in [0, 0.1) is 11.3 Å². The third kappa shape index (κ3) is 9.07. The molecule has 3 fully saturated rings. The molecule has 0 aromatic carbocycles. The lowest BCUT2D eigenvalue weighted by atomic mass is 9.84. The van der Waals surface area contributed by atoms with Gasteiger partial charge in [-0.3, -0.25) is 24.1 Å². The zero-order valence-corrected chi connectivity index (χ0v) is 29.1. The number of likely N-dealkylation sites (tertiary alicyclic amines) is 2. The van der Waals surface area contributed by atoms with Crippen LogP contribution in [0.25, 0.3) is 0 Å². The highest BCUT2D eigenvalue weighted by Gasteiger charge is 2.40. The molecule has 2 N–H and O–H groups in total. The van der Waals surface area contributed by atoms with Crippen molar-refractivity contribution in [3.8, 4) is 0 Å². The second kappa shape index (κ2) is 15.7. The van der Waals surface area contributed by atoms with Crippen LogP contribution in [0.1, 0.15) is 120 Å². The normalized spacial score (nSPS) is 23.9. The highest BCUT2D eigenvalue weighted by molar-refractivity contribution is 5.97. The molecule has 0 bridgehead atoms. The molecule has 0 unspecified atom stereocenters. The highest BCUT2D eigenvalue weighted by Crippen LogP contribution is 2.27. The van der Waals surface area contributed by atoms with Gasteiger partial charge >= 0.3 is 0 Å². The third-order valence-electron chi connectivity index (χ3n) is 9.91. The number of carbonyl (C=O) groups excluding carboxylic acids is 4. The summed E-state index contributed by atoms with van der Waals surface area (Å²) in [6, 6.07) is -1.30. The van der Waals surface area contributed by atoms with Gasteiger partial charge in [-0.15, -0.1) is 0 Å². The number of carbonyl (C=O) groups is 4. The number of likely N-dealkylation sites (N-methyl/N-ethyl adjacent to an activating group) is 1. The molecule has 1 saturated carbocycles. The summed E-state index contributed by atoms with van der Waals surface area (Å²) in [6.45, 7) is 17.5. The van der Waals surface area contributed by atoms with E-state index in [1.54, 1.807) is 23.8 Å². The van der Waals surface area contributed by atoms with Crippen LogP contribution >= 0.6 is 0 Å². The molecule has 3 aliphatic rings. The van der Waals surface area contributed by atoms with Crippen molar-refractivity contribution in [1.82, 2.24) is 25.3 Å². The molecule has 9 heteroatoms. The van der Waals surface area contributed by atoms with Gasteiger partial charge in [-0.05, 0) is 77.2 Å². The van der Waals surface area contributed by atoms with Gasteiger partial charge in [-0.2, -0.15) is 0 Å². The Hall–Kier alpha value is -2.42. The van der Waals surface area contributed by atoms with Gasteiger partial charge in [-0.1, -0.05) is 66.4 Å². The number of piperidine rings is 1. The average Bonchev–Trinajstić information content (AvgIpc) is 3.47. The zero-order chi connectivity index (χ0) is 32.8. The van der Waals surface area contributed by atoms with Gasteiger partial charge in [0.15, 0.2) is 0 Å². The monoisotopic (exact) mass is 615 g/mol. The Bertz CT molecular complexity index is 1040. The fourth-order valence-electron chi connectivity index (χ4n) is 7.22. The van der Waals surface area contributed by atoms with Gasteiger partial charge in [0.2, 0.25) is 23.6 Å². The van der Waals surface area contributed by atoms with E-state index in [2.05, 4.69) is 29.4 Å². The molecule has 2 heterocycles. The van der Waals surface area contributed by atoms with Crippen molar-refractivity contribution in [1.29, 1.82) is 0 Å². The first kappa shape index (κ1) is 36.1. The molecule has 250 valence electrons. The van der Waals surface area contributed by atoms with Crippen LogP contribution in [0.3, 0.4) is 0 Å². The van der Waals surface area contributed by atoms with Crippen molar-refractivity contribution in [3.63, 3.8) is 0 Å². The molecule has 1 aliphatic carbocycles. The minimum absolute atomic E-state index is 0.0294. The molecule has 9 nitrogen and oxygen atoms in total. The Morgan fingerprint density at radius 2 is 1.43 bits per heavy atom. The summed E-state index contributed by atoms with van der Waals surface area (Å²) < 4.78 is 0. The maximum atomic E-state index is 14.1. The lowest BCUT2D eigenvalue weighted by Crippen LogP contribution is -2.60. The molecule has 2 aliphatic heterocycles. The molecule has 4 amide bonds. The number of hydrogen-bond donors (Lipinski definition) is 2. The molecule has 0 aromatic rings. The molecule has 0 spiro atoms. The van der Waals surface area contributed by atoms with E-state index >= 15 is 0 Å². The number of nitrogens with zero attached hydrogens (tertiary/aromatic N) is 3. The first-order valence-electron chi connectivity index (χ1n) is 17.3. The Balaban J connectivity index is 1.75. The van der Waals surface area contributed by atoms with E-state index in [0.717, 1.165) is 57.9 Å². The van der Waals surface area contributed by atoms with Gasteiger partial charge in [-0.25, -0.2) is 0 Å². The van der Waals surface area contributed by atoms with Gasteiger partial charge < -0.3 is 20.4 Å². The largest absolute Gasteiger partial charge is 0.352 e. The molecule has 44 heavy (non-hydrogen) atoms. The van der Waals surface area contributed by atoms with Gasteiger partial charge in [0.1, 0.15) is 12.1 Å². The molecular weight excluding hydrogens is 554 g/mol. The predicted octanol–water partition coefficient (Wildman–Crippen LogP) is 4.65. The quantitative estimate of drug-likeness (QED) is 0.349.